The molecule has 0 aromatic heterocycles. The number of fused-ring (bicyclic) bond motifs is 1. The zero-order chi connectivity index (χ0) is 24.1. The Labute approximate surface area is 201 Å². The van der Waals surface area contributed by atoms with Crippen LogP contribution in [0.3, 0.4) is 0 Å². The van der Waals surface area contributed by atoms with Gasteiger partial charge < -0.3 is 14.0 Å². The summed E-state index contributed by atoms with van der Waals surface area (Å²) in [6, 6.07) is 23.1. The van der Waals surface area contributed by atoms with Crippen LogP contribution < -0.4 is 14.2 Å². The molecule has 8 heteroatoms. The molecule has 0 atom stereocenters. The smallest absolute Gasteiger partial charge is 0.371 e. The van der Waals surface area contributed by atoms with Crippen LogP contribution in [0, 0.1) is 0 Å². The van der Waals surface area contributed by atoms with Crippen LogP contribution >= 0.6 is 0 Å². The zero-order valence-electron chi connectivity index (χ0n) is 19.2. The van der Waals surface area contributed by atoms with Crippen molar-refractivity contribution in [3.63, 3.8) is 0 Å². The SMILES string of the molecule is CCCN(Cc1ccccc1)c1cccc(C(=O)N2CCc3ccc(OS(N)(=O)=O)cc3C2)c1. The van der Waals surface area contributed by atoms with Crippen LogP contribution in [0.5, 0.6) is 5.75 Å². The van der Waals surface area contributed by atoms with Crippen LogP contribution in [0.15, 0.2) is 72.8 Å². The number of carbonyl (C=O) groups excluding carboxylic acids is 1. The van der Waals surface area contributed by atoms with Crippen LogP contribution in [0.2, 0.25) is 0 Å². The summed E-state index contributed by atoms with van der Waals surface area (Å²) in [4.78, 5) is 17.4. The minimum atomic E-state index is -4.10. The largest absolute Gasteiger partial charge is 0.380 e. The number of nitrogens with zero attached hydrogens (tertiary/aromatic N) is 2. The minimum absolute atomic E-state index is 0.0542. The fourth-order valence-corrected chi connectivity index (χ4v) is 4.66. The summed E-state index contributed by atoms with van der Waals surface area (Å²) in [7, 11) is -4.10. The molecule has 1 aliphatic rings. The van der Waals surface area contributed by atoms with E-state index in [-0.39, 0.29) is 11.7 Å². The third-order valence-corrected chi connectivity index (χ3v) is 6.28. The van der Waals surface area contributed by atoms with E-state index in [0.29, 0.717) is 25.1 Å². The molecule has 3 aromatic carbocycles. The molecule has 0 saturated heterocycles. The summed E-state index contributed by atoms with van der Waals surface area (Å²) < 4.78 is 27.3. The lowest BCUT2D eigenvalue weighted by Crippen LogP contribution is -2.36. The van der Waals surface area contributed by atoms with Crippen LogP contribution in [0.1, 0.15) is 40.4 Å². The normalized spacial score (nSPS) is 13.3. The Balaban J connectivity index is 1.52. The Morgan fingerprint density at radius 3 is 2.56 bits per heavy atom. The molecule has 0 bridgehead atoms. The van der Waals surface area contributed by atoms with Gasteiger partial charge in [-0.2, -0.15) is 13.6 Å². The maximum atomic E-state index is 13.4. The molecule has 0 unspecified atom stereocenters. The monoisotopic (exact) mass is 479 g/mol. The van der Waals surface area contributed by atoms with E-state index >= 15 is 0 Å². The van der Waals surface area contributed by atoms with Gasteiger partial charge in [-0.3, -0.25) is 4.79 Å². The number of carbonyl (C=O) groups is 1. The van der Waals surface area contributed by atoms with Crippen molar-refractivity contribution in [3.05, 3.63) is 95.1 Å². The van der Waals surface area contributed by atoms with Gasteiger partial charge in [0.05, 0.1) is 0 Å². The Kier molecular flexibility index (Phi) is 7.19. The van der Waals surface area contributed by atoms with E-state index in [1.165, 1.54) is 5.56 Å². The molecule has 178 valence electrons. The lowest BCUT2D eigenvalue weighted by Gasteiger charge is -2.30. The topological polar surface area (TPSA) is 92.9 Å². The van der Waals surface area contributed by atoms with E-state index in [9.17, 15) is 13.2 Å². The summed E-state index contributed by atoms with van der Waals surface area (Å²) in [6.07, 6.45) is 1.68. The van der Waals surface area contributed by atoms with Crippen molar-refractivity contribution in [2.24, 2.45) is 5.14 Å². The molecule has 1 amide bonds. The van der Waals surface area contributed by atoms with Gasteiger partial charge in [0.15, 0.2) is 0 Å². The fraction of sp³-hybridized carbons (Fsp3) is 0.269. The number of nitrogens with two attached hydrogens (primary N) is 1. The van der Waals surface area contributed by atoms with Crippen molar-refractivity contribution < 1.29 is 17.4 Å². The van der Waals surface area contributed by atoms with Crippen LogP contribution in [-0.2, 0) is 29.8 Å². The van der Waals surface area contributed by atoms with E-state index in [4.69, 9.17) is 9.32 Å². The average Bonchev–Trinajstić information content (AvgIpc) is 2.82. The molecule has 0 aliphatic carbocycles. The average molecular weight is 480 g/mol. The maximum absolute atomic E-state index is 13.4. The molecule has 1 heterocycles. The second-order valence-corrected chi connectivity index (χ2v) is 9.59. The Hall–Kier alpha value is -3.36. The summed E-state index contributed by atoms with van der Waals surface area (Å²) in [6.45, 7) is 4.77. The first-order chi connectivity index (χ1) is 16.3. The molecule has 1 aliphatic heterocycles. The second kappa shape index (κ2) is 10.3. The molecule has 34 heavy (non-hydrogen) atoms. The van der Waals surface area contributed by atoms with Crippen LogP contribution in [0.4, 0.5) is 5.69 Å². The predicted octanol–water partition coefficient (Wildman–Crippen LogP) is 3.88. The summed E-state index contributed by atoms with van der Waals surface area (Å²) in [5.41, 5.74) is 4.79. The predicted molar refractivity (Wildman–Crippen MR) is 133 cm³/mol. The van der Waals surface area contributed by atoms with Crippen LogP contribution in [-0.4, -0.2) is 32.3 Å². The number of anilines is 1. The van der Waals surface area contributed by atoms with Gasteiger partial charge in [0.2, 0.25) is 0 Å². The van der Waals surface area contributed by atoms with Gasteiger partial charge >= 0.3 is 10.3 Å². The molecule has 7 nitrogen and oxygen atoms in total. The number of benzene rings is 3. The molecule has 0 radical (unpaired) electrons. The first-order valence-electron chi connectivity index (χ1n) is 11.3. The summed E-state index contributed by atoms with van der Waals surface area (Å²) in [5, 5.41) is 4.99. The van der Waals surface area contributed by atoms with Crippen molar-refractivity contribution in [2.75, 3.05) is 18.0 Å². The molecule has 2 N–H and O–H groups in total. The van der Waals surface area contributed by atoms with Gasteiger partial charge in [0.25, 0.3) is 5.91 Å². The van der Waals surface area contributed by atoms with Crippen molar-refractivity contribution in [3.8, 4) is 5.75 Å². The molecule has 0 saturated carbocycles. The summed E-state index contributed by atoms with van der Waals surface area (Å²) >= 11 is 0. The maximum Gasteiger partial charge on any atom is 0.380 e. The van der Waals surface area contributed by atoms with Crippen molar-refractivity contribution in [1.82, 2.24) is 4.90 Å². The van der Waals surface area contributed by atoms with Gasteiger partial charge in [-0.05, 0) is 59.9 Å². The number of rotatable bonds is 8. The lowest BCUT2D eigenvalue weighted by molar-refractivity contribution is 0.0734. The van der Waals surface area contributed by atoms with Gasteiger partial charge in [-0.25, -0.2) is 0 Å². The zero-order valence-corrected chi connectivity index (χ0v) is 20.0. The lowest BCUT2D eigenvalue weighted by atomic mass is 9.98. The van der Waals surface area contributed by atoms with E-state index in [1.54, 1.807) is 17.0 Å². The van der Waals surface area contributed by atoms with E-state index in [0.717, 1.165) is 36.3 Å². The first kappa shape index (κ1) is 23.8. The van der Waals surface area contributed by atoms with Crippen molar-refractivity contribution in [1.29, 1.82) is 0 Å². The van der Waals surface area contributed by atoms with E-state index in [1.807, 2.05) is 48.5 Å². The molecule has 3 aromatic rings. The quantitative estimate of drug-likeness (QED) is 0.529. The number of hydrogen-bond donors (Lipinski definition) is 1. The Morgan fingerprint density at radius 1 is 1.03 bits per heavy atom. The highest BCUT2D eigenvalue weighted by atomic mass is 32.2. The number of hydrogen-bond acceptors (Lipinski definition) is 5. The van der Waals surface area contributed by atoms with E-state index < -0.39 is 10.3 Å². The second-order valence-electron chi connectivity index (χ2n) is 8.44. The van der Waals surface area contributed by atoms with Crippen molar-refractivity contribution >= 4 is 21.9 Å². The highest BCUT2D eigenvalue weighted by molar-refractivity contribution is 7.84. The molecule has 0 spiro atoms. The third-order valence-electron chi connectivity index (χ3n) is 5.86. The van der Waals surface area contributed by atoms with Gasteiger partial charge in [-0.1, -0.05) is 49.4 Å². The highest BCUT2D eigenvalue weighted by Gasteiger charge is 2.23. The van der Waals surface area contributed by atoms with Crippen molar-refractivity contribution in [2.45, 2.75) is 32.9 Å². The highest BCUT2D eigenvalue weighted by Crippen LogP contribution is 2.26. The molecule has 0 fully saturated rings. The molecular formula is C26H29N3O4S. The Bertz CT molecular complexity index is 1260. The first-order valence-corrected chi connectivity index (χ1v) is 12.8. The Morgan fingerprint density at radius 2 is 1.82 bits per heavy atom. The molecular weight excluding hydrogens is 450 g/mol. The van der Waals surface area contributed by atoms with Crippen LogP contribution in [0.25, 0.3) is 0 Å². The minimum Gasteiger partial charge on any atom is -0.371 e. The fourth-order valence-electron chi connectivity index (χ4n) is 4.28. The number of amides is 1. The molecule has 4 rings (SSSR count). The van der Waals surface area contributed by atoms with Gasteiger partial charge in [0.1, 0.15) is 5.75 Å². The van der Waals surface area contributed by atoms with E-state index in [2.05, 4.69) is 24.0 Å². The van der Waals surface area contributed by atoms with Gasteiger partial charge in [-0.15, -0.1) is 0 Å². The third kappa shape index (κ3) is 5.95. The summed E-state index contributed by atoms with van der Waals surface area (Å²) in [5.74, 6) is 0.0927. The van der Waals surface area contributed by atoms with Gasteiger partial charge in [0, 0.05) is 37.4 Å². The standard InChI is InChI=1S/C26H29N3O4S/c1-2-14-28(18-20-7-4-3-5-8-20)24-10-6-9-22(16-24)26(30)29-15-13-21-11-12-25(17-23(21)19-29)33-34(27,31)32/h3-12,16-17H,2,13-15,18-19H2,1H3,(H2,27,31,32).